The Morgan fingerprint density at radius 2 is 1.96 bits per heavy atom. The molecule has 1 aromatic carbocycles. The maximum absolute atomic E-state index is 13.0. The molecule has 0 spiro atoms. The molecular formula is C19H25N3O. The third-order valence-corrected chi connectivity index (χ3v) is 4.92. The van der Waals surface area contributed by atoms with Crippen molar-refractivity contribution in [1.82, 2.24) is 14.8 Å². The number of aromatic nitrogens is 1. The molecule has 0 aliphatic carbocycles. The molecule has 0 bridgehead atoms. The third-order valence-electron chi connectivity index (χ3n) is 4.92. The molecule has 3 rings (SSSR count). The van der Waals surface area contributed by atoms with Crippen LogP contribution >= 0.6 is 0 Å². The first-order valence-corrected chi connectivity index (χ1v) is 8.20. The van der Waals surface area contributed by atoms with Gasteiger partial charge in [0.25, 0.3) is 5.91 Å². The summed E-state index contributed by atoms with van der Waals surface area (Å²) in [5, 5.41) is 1.03. The molecule has 2 aromatic rings. The molecule has 1 aliphatic heterocycles. The van der Waals surface area contributed by atoms with Gasteiger partial charge in [0, 0.05) is 24.5 Å². The fourth-order valence-corrected chi connectivity index (χ4v) is 3.55. The van der Waals surface area contributed by atoms with Crippen LogP contribution in [-0.4, -0.2) is 53.9 Å². The number of amides is 1. The Morgan fingerprint density at radius 1 is 1.22 bits per heavy atom. The summed E-state index contributed by atoms with van der Waals surface area (Å²) in [7, 11) is 4.17. The SMILES string of the molecule is Cc1ccc2cc(C(=O)N3C[C@H](C)[C@@H](N(C)C)C3)c(C)nc2c1. The summed E-state index contributed by atoms with van der Waals surface area (Å²) < 4.78 is 0. The summed E-state index contributed by atoms with van der Waals surface area (Å²) in [6, 6.07) is 8.59. The Balaban J connectivity index is 1.92. The lowest BCUT2D eigenvalue weighted by atomic mass is 10.1. The van der Waals surface area contributed by atoms with Gasteiger partial charge in [0.1, 0.15) is 0 Å². The Hall–Kier alpha value is -1.94. The summed E-state index contributed by atoms with van der Waals surface area (Å²) in [6.07, 6.45) is 0. The number of rotatable bonds is 2. The van der Waals surface area contributed by atoms with Crippen molar-refractivity contribution in [2.75, 3.05) is 27.2 Å². The van der Waals surface area contributed by atoms with Crippen LogP contribution in [0.3, 0.4) is 0 Å². The maximum Gasteiger partial charge on any atom is 0.255 e. The number of carbonyl (C=O) groups is 1. The van der Waals surface area contributed by atoms with Crippen LogP contribution in [-0.2, 0) is 0 Å². The number of hydrogen-bond donors (Lipinski definition) is 0. The van der Waals surface area contributed by atoms with Gasteiger partial charge < -0.3 is 9.80 Å². The largest absolute Gasteiger partial charge is 0.337 e. The van der Waals surface area contributed by atoms with E-state index >= 15 is 0 Å². The van der Waals surface area contributed by atoms with Crippen LogP contribution in [0.5, 0.6) is 0 Å². The van der Waals surface area contributed by atoms with Gasteiger partial charge in [0.2, 0.25) is 0 Å². The van der Waals surface area contributed by atoms with E-state index in [0.29, 0.717) is 12.0 Å². The van der Waals surface area contributed by atoms with E-state index in [4.69, 9.17) is 0 Å². The zero-order valence-electron chi connectivity index (χ0n) is 14.6. The second-order valence-corrected chi connectivity index (χ2v) is 7.04. The summed E-state index contributed by atoms with van der Waals surface area (Å²) in [5.74, 6) is 0.596. The molecule has 23 heavy (non-hydrogen) atoms. The molecule has 0 N–H and O–H groups in total. The highest BCUT2D eigenvalue weighted by molar-refractivity contribution is 5.98. The van der Waals surface area contributed by atoms with Gasteiger partial charge in [0.15, 0.2) is 0 Å². The van der Waals surface area contributed by atoms with Crippen LogP contribution in [0.1, 0.15) is 28.5 Å². The minimum absolute atomic E-state index is 0.105. The number of pyridine rings is 1. The van der Waals surface area contributed by atoms with Crippen molar-refractivity contribution < 1.29 is 4.79 Å². The van der Waals surface area contributed by atoms with Crippen molar-refractivity contribution >= 4 is 16.8 Å². The average molecular weight is 311 g/mol. The van der Waals surface area contributed by atoms with Gasteiger partial charge in [-0.25, -0.2) is 0 Å². The lowest BCUT2D eigenvalue weighted by molar-refractivity contribution is 0.0780. The van der Waals surface area contributed by atoms with E-state index in [9.17, 15) is 4.79 Å². The Kier molecular flexibility index (Phi) is 4.11. The van der Waals surface area contributed by atoms with Crippen LogP contribution in [0.4, 0.5) is 0 Å². The molecule has 4 nitrogen and oxygen atoms in total. The van der Waals surface area contributed by atoms with Gasteiger partial charge in [-0.1, -0.05) is 19.1 Å². The normalized spacial score (nSPS) is 21.4. The van der Waals surface area contributed by atoms with E-state index < -0.39 is 0 Å². The summed E-state index contributed by atoms with van der Waals surface area (Å²) in [4.78, 5) is 21.8. The first-order chi connectivity index (χ1) is 10.9. The van der Waals surface area contributed by atoms with Gasteiger partial charge >= 0.3 is 0 Å². The van der Waals surface area contributed by atoms with Gasteiger partial charge in [-0.05, 0) is 51.6 Å². The number of hydrogen-bond acceptors (Lipinski definition) is 3. The second kappa shape index (κ2) is 5.93. The van der Waals surface area contributed by atoms with Gasteiger partial charge in [0.05, 0.1) is 16.8 Å². The average Bonchev–Trinajstić information content (AvgIpc) is 2.88. The molecule has 1 amide bonds. The van der Waals surface area contributed by atoms with Gasteiger partial charge in [-0.3, -0.25) is 9.78 Å². The van der Waals surface area contributed by atoms with E-state index in [0.717, 1.165) is 35.2 Å². The number of likely N-dealkylation sites (tertiary alicyclic amines) is 1. The van der Waals surface area contributed by atoms with E-state index in [1.54, 1.807) is 0 Å². The number of likely N-dealkylation sites (N-methyl/N-ethyl adjacent to an activating group) is 1. The zero-order valence-corrected chi connectivity index (χ0v) is 14.6. The molecule has 122 valence electrons. The molecule has 1 saturated heterocycles. The van der Waals surface area contributed by atoms with Crippen molar-refractivity contribution in [3.8, 4) is 0 Å². The lowest BCUT2D eigenvalue weighted by Crippen LogP contribution is -2.36. The number of fused-ring (bicyclic) bond motifs is 1. The molecule has 1 aliphatic rings. The van der Waals surface area contributed by atoms with Crippen molar-refractivity contribution in [1.29, 1.82) is 0 Å². The number of carbonyl (C=O) groups excluding carboxylic acids is 1. The number of benzene rings is 1. The molecule has 2 heterocycles. The Bertz CT molecular complexity index is 754. The molecule has 1 fully saturated rings. The molecule has 1 aromatic heterocycles. The molecule has 0 unspecified atom stereocenters. The number of aryl methyl sites for hydroxylation is 2. The van der Waals surface area contributed by atoms with Crippen LogP contribution < -0.4 is 0 Å². The van der Waals surface area contributed by atoms with E-state index in [1.807, 2.05) is 24.0 Å². The Labute approximate surface area is 138 Å². The van der Waals surface area contributed by atoms with Crippen molar-refractivity contribution in [3.63, 3.8) is 0 Å². The zero-order chi connectivity index (χ0) is 16.7. The van der Waals surface area contributed by atoms with Crippen LogP contribution in [0.25, 0.3) is 10.9 Å². The van der Waals surface area contributed by atoms with Crippen molar-refractivity contribution in [2.45, 2.75) is 26.8 Å². The first-order valence-electron chi connectivity index (χ1n) is 8.20. The predicted octanol–water partition coefficient (Wildman–Crippen LogP) is 2.87. The summed E-state index contributed by atoms with van der Waals surface area (Å²) >= 11 is 0. The van der Waals surface area contributed by atoms with Crippen LogP contribution in [0, 0.1) is 19.8 Å². The topological polar surface area (TPSA) is 36.4 Å². The van der Waals surface area contributed by atoms with E-state index in [-0.39, 0.29) is 5.91 Å². The summed E-state index contributed by atoms with van der Waals surface area (Å²) in [5.41, 5.74) is 3.69. The van der Waals surface area contributed by atoms with Crippen molar-refractivity contribution in [2.24, 2.45) is 5.92 Å². The minimum Gasteiger partial charge on any atom is -0.337 e. The van der Waals surface area contributed by atoms with Crippen LogP contribution in [0.2, 0.25) is 0 Å². The highest BCUT2D eigenvalue weighted by Gasteiger charge is 2.34. The van der Waals surface area contributed by atoms with Crippen LogP contribution in [0.15, 0.2) is 24.3 Å². The highest BCUT2D eigenvalue weighted by atomic mass is 16.2. The third kappa shape index (κ3) is 2.95. The number of nitrogens with zero attached hydrogens (tertiary/aromatic N) is 3. The van der Waals surface area contributed by atoms with Gasteiger partial charge in [-0.15, -0.1) is 0 Å². The quantitative estimate of drug-likeness (QED) is 0.855. The summed E-state index contributed by atoms with van der Waals surface area (Å²) in [6.45, 7) is 7.80. The second-order valence-electron chi connectivity index (χ2n) is 7.04. The first kappa shape index (κ1) is 15.9. The smallest absolute Gasteiger partial charge is 0.255 e. The van der Waals surface area contributed by atoms with Gasteiger partial charge in [-0.2, -0.15) is 0 Å². The molecular weight excluding hydrogens is 286 g/mol. The van der Waals surface area contributed by atoms with E-state index in [2.05, 4.69) is 50.0 Å². The molecule has 0 saturated carbocycles. The lowest BCUT2D eigenvalue weighted by Gasteiger charge is -2.22. The maximum atomic E-state index is 13.0. The van der Waals surface area contributed by atoms with E-state index in [1.165, 1.54) is 5.56 Å². The fraction of sp³-hybridized carbons (Fsp3) is 0.474. The Morgan fingerprint density at radius 3 is 2.61 bits per heavy atom. The van der Waals surface area contributed by atoms with Crippen molar-refractivity contribution in [3.05, 3.63) is 41.1 Å². The highest BCUT2D eigenvalue weighted by Crippen LogP contribution is 2.24. The predicted molar refractivity (Wildman–Crippen MR) is 93.8 cm³/mol. The monoisotopic (exact) mass is 311 g/mol. The molecule has 2 atom stereocenters. The standard InChI is InChI=1S/C19H25N3O/c1-12-6-7-15-9-16(14(3)20-17(15)8-12)19(23)22-10-13(2)18(11-22)21(4)5/h6-9,13,18H,10-11H2,1-5H3/t13-,18-/m0/s1. The minimum atomic E-state index is 0.105. The molecule has 0 radical (unpaired) electrons. The molecule has 4 heteroatoms. The fourth-order valence-electron chi connectivity index (χ4n) is 3.55.